The Morgan fingerprint density at radius 1 is 1.47 bits per heavy atom. The fraction of sp³-hybridized carbons (Fsp3) is 0.786. The van der Waals surface area contributed by atoms with Gasteiger partial charge in [-0.3, -0.25) is 0 Å². The molecule has 1 N–H and O–H groups in total. The van der Waals surface area contributed by atoms with Crippen LogP contribution in [0.3, 0.4) is 0 Å². The molecule has 0 aliphatic heterocycles. The molecule has 0 bridgehead atoms. The normalized spacial score (nSPS) is 24.8. The Bertz CT molecular complexity index is 335. The number of nitrogens with one attached hydrogen (secondary N) is 1. The van der Waals surface area contributed by atoms with Crippen LogP contribution < -0.4 is 5.32 Å². The van der Waals surface area contributed by atoms with Gasteiger partial charge in [0.25, 0.3) is 0 Å². The van der Waals surface area contributed by atoms with Crippen LogP contribution in [-0.2, 0) is 6.42 Å². The fourth-order valence-corrected chi connectivity index (χ4v) is 3.58. The minimum Gasteiger partial charge on any atom is -0.362 e. The zero-order valence-electron chi connectivity index (χ0n) is 11.0. The Kier molecular flexibility index (Phi) is 4.84. The van der Waals surface area contributed by atoms with Crippen molar-refractivity contribution < 1.29 is 0 Å². The van der Waals surface area contributed by atoms with E-state index in [4.69, 9.17) is 0 Å². The predicted molar refractivity (Wildman–Crippen MR) is 75.7 cm³/mol. The van der Waals surface area contributed by atoms with Crippen molar-refractivity contribution in [3.63, 3.8) is 0 Å². The molecule has 2 unspecified atom stereocenters. The van der Waals surface area contributed by atoms with E-state index in [1.807, 2.05) is 0 Å². The van der Waals surface area contributed by atoms with Crippen LogP contribution in [0.2, 0.25) is 0 Å². The van der Waals surface area contributed by atoms with Crippen molar-refractivity contribution in [2.24, 2.45) is 11.8 Å². The van der Waals surface area contributed by atoms with E-state index in [-0.39, 0.29) is 0 Å². The summed E-state index contributed by atoms with van der Waals surface area (Å²) in [5.74, 6) is 1.89. The smallest absolute Gasteiger partial charge is 0.182 e. The number of rotatable bonds is 5. The topological polar surface area (TPSA) is 24.9 Å². The van der Waals surface area contributed by atoms with Gasteiger partial charge in [0.1, 0.15) is 0 Å². The lowest BCUT2D eigenvalue weighted by Gasteiger charge is -2.26. The molecule has 17 heavy (non-hydrogen) atoms. The molecule has 0 amide bonds. The average molecular weight is 252 g/mol. The van der Waals surface area contributed by atoms with Crippen LogP contribution in [0.15, 0.2) is 5.38 Å². The van der Waals surface area contributed by atoms with Crippen molar-refractivity contribution in [2.75, 3.05) is 11.9 Å². The highest BCUT2D eigenvalue weighted by Gasteiger charge is 2.18. The predicted octanol–water partition coefficient (Wildman–Crippen LogP) is 4.33. The Balaban J connectivity index is 1.68. The first-order valence-electron chi connectivity index (χ1n) is 6.96. The average Bonchev–Trinajstić information content (AvgIpc) is 2.77. The summed E-state index contributed by atoms with van der Waals surface area (Å²) >= 11 is 1.74. The van der Waals surface area contributed by atoms with Crippen LogP contribution >= 0.6 is 11.3 Å². The maximum atomic E-state index is 4.53. The monoisotopic (exact) mass is 252 g/mol. The lowest BCUT2D eigenvalue weighted by atomic mass is 9.81. The van der Waals surface area contributed by atoms with E-state index in [0.29, 0.717) is 0 Å². The van der Waals surface area contributed by atoms with Crippen LogP contribution in [0, 0.1) is 11.8 Å². The van der Waals surface area contributed by atoms with Crippen molar-refractivity contribution in [3.05, 3.63) is 11.1 Å². The summed E-state index contributed by atoms with van der Waals surface area (Å²) in [6.07, 6.45) is 8.09. The molecular formula is C14H24N2S. The first kappa shape index (κ1) is 12.9. The van der Waals surface area contributed by atoms with E-state index in [1.165, 1.54) is 37.8 Å². The van der Waals surface area contributed by atoms with Crippen molar-refractivity contribution in [1.82, 2.24) is 4.98 Å². The first-order chi connectivity index (χ1) is 8.28. The molecule has 0 saturated heterocycles. The van der Waals surface area contributed by atoms with Crippen LogP contribution in [0.1, 0.15) is 51.6 Å². The van der Waals surface area contributed by atoms with Gasteiger partial charge in [-0.2, -0.15) is 0 Å². The van der Waals surface area contributed by atoms with Crippen molar-refractivity contribution in [1.29, 1.82) is 0 Å². The minimum absolute atomic E-state index is 0.942. The highest BCUT2D eigenvalue weighted by atomic mass is 32.1. The van der Waals surface area contributed by atoms with E-state index in [1.54, 1.807) is 11.3 Å². The number of thiazole rings is 1. The Morgan fingerprint density at radius 2 is 2.35 bits per heavy atom. The molecule has 1 fully saturated rings. The van der Waals surface area contributed by atoms with Crippen LogP contribution in [0.25, 0.3) is 0 Å². The summed E-state index contributed by atoms with van der Waals surface area (Å²) < 4.78 is 0. The van der Waals surface area contributed by atoms with Gasteiger partial charge in [-0.05, 0) is 31.1 Å². The van der Waals surface area contributed by atoms with E-state index in [9.17, 15) is 0 Å². The maximum absolute atomic E-state index is 4.53. The van der Waals surface area contributed by atoms with Gasteiger partial charge in [-0.25, -0.2) is 4.98 Å². The molecule has 1 aliphatic carbocycles. The lowest BCUT2D eigenvalue weighted by Crippen LogP contribution is -2.16. The first-order valence-corrected chi connectivity index (χ1v) is 7.84. The van der Waals surface area contributed by atoms with E-state index < -0.39 is 0 Å². The van der Waals surface area contributed by atoms with Gasteiger partial charge in [0, 0.05) is 11.9 Å². The highest BCUT2D eigenvalue weighted by Crippen LogP contribution is 2.30. The van der Waals surface area contributed by atoms with Crippen molar-refractivity contribution in [2.45, 2.75) is 52.4 Å². The summed E-state index contributed by atoms with van der Waals surface area (Å²) in [7, 11) is 0. The van der Waals surface area contributed by atoms with Crippen LogP contribution in [-0.4, -0.2) is 11.5 Å². The number of aryl methyl sites for hydroxylation is 1. The van der Waals surface area contributed by atoms with Crippen LogP contribution in [0.4, 0.5) is 5.13 Å². The number of anilines is 1. The van der Waals surface area contributed by atoms with Gasteiger partial charge in [0.15, 0.2) is 5.13 Å². The summed E-state index contributed by atoms with van der Waals surface area (Å²) in [4.78, 5) is 4.53. The second-order valence-corrected chi connectivity index (χ2v) is 6.21. The molecule has 2 rings (SSSR count). The van der Waals surface area contributed by atoms with Crippen molar-refractivity contribution >= 4 is 16.5 Å². The zero-order chi connectivity index (χ0) is 12.1. The van der Waals surface area contributed by atoms with E-state index in [0.717, 1.165) is 29.9 Å². The third-order valence-corrected chi connectivity index (χ3v) is 4.64. The summed E-state index contributed by atoms with van der Waals surface area (Å²) in [6, 6.07) is 0. The van der Waals surface area contributed by atoms with Gasteiger partial charge < -0.3 is 5.32 Å². The molecule has 0 spiro atoms. The molecule has 1 saturated carbocycles. The molecule has 1 aromatic rings. The van der Waals surface area contributed by atoms with E-state index >= 15 is 0 Å². The standard InChI is InChI=1S/C14H24N2S/c1-3-13-10-17-14(16-13)15-8-7-12-6-4-5-11(2)9-12/h10-12H,3-9H2,1-2H3,(H,15,16). The van der Waals surface area contributed by atoms with Crippen LogP contribution in [0.5, 0.6) is 0 Å². The Hall–Kier alpha value is -0.570. The summed E-state index contributed by atoms with van der Waals surface area (Å²) in [5.41, 5.74) is 1.21. The maximum Gasteiger partial charge on any atom is 0.182 e. The SMILES string of the molecule is CCc1csc(NCCC2CCCC(C)C2)n1. The molecule has 2 nitrogen and oxygen atoms in total. The van der Waals surface area contributed by atoms with Gasteiger partial charge in [0.05, 0.1) is 5.69 Å². The quantitative estimate of drug-likeness (QED) is 0.843. The molecular weight excluding hydrogens is 228 g/mol. The molecule has 1 aromatic heterocycles. The molecule has 3 heteroatoms. The van der Waals surface area contributed by atoms with Gasteiger partial charge in [-0.15, -0.1) is 11.3 Å². The van der Waals surface area contributed by atoms with Gasteiger partial charge >= 0.3 is 0 Å². The Morgan fingerprint density at radius 3 is 3.06 bits per heavy atom. The molecule has 0 aromatic carbocycles. The largest absolute Gasteiger partial charge is 0.362 e. The summed E-state index contributed by atoms with van der Waals surface area (Å²) in [6.45, 7) is 5.64. The third kappa shape index (κ3) is 3.98. The molecule has 2 atom stereocenters. The molecule has 1 heterocycles. The number of hydrogen-bond donors (Lipinski definition) is 1. The molecule has 1 aliphatic rings. The lowest BCUT2D eigenvalue weighted by molar-refractivity contribution is 0.274. The number of nitrogens with zero attached hydrogens (tertiary/aromatic N) is 1. The van der Waals surface area contributed by atoms with Gasteiger partial charge in [0.2, 0.25) is 0 Å². The Labute approximate surface area is 109 Å². The molecule has 96 valence electrons. The van der Waals surface area contributed by atoms with Gasteiger partial charge in [-0.1, -0.05) is 33.1 Å². The minimum atomic E-state index is 0.942. The van der Waals surface area contributed by atoms with E-state index in [2.05, 4.69) is 29.5 Å². The molecule has 0 radical (unpaired) electrons. The third-order valence-electron chi connectivity index (χ3n) is 3.79. The highest BCUT2D eigenvalue weighted by molar-refractivity contribution is 7.13. The second-order valence-electron chi connectivity index (χ2n) is 5.35. The fourth-order valence-electron chi connectivity index (χ4n) is 2.76. The summed E-state index contributed by atoms with van der Waals surface area (Å²) in [5, 5.41) is 6.73. The second kappa shape index (κ2) is 6.39. The number of hydrogen-bond acceptors (Lipinski definition) is 3. The van der Waals surface area contributed by atoms with Crippen molar-refractivity contribution in [3.8, 4) is 0 Å². The zero-order valence-corrected chi connectivity index (χ0v) is 11.9. The number of aromatic nitrogens is 1.